The van der Waals surface area contributed by atoms with Gasteiger partial charge >= 0.3 is 12.0 Å². The van der Waals surface area contributed by atoms with Crippen LogP contribution in [-0.4, -0.2) is 46.8 Å². The van der Waals surface area contributed by atoms with Gasteiger partial charge in [-0.2, -0.15) is 0 Å². The minimum atomic E-state index is -1.45. The van der Waals surface area contributed by atoms with Crippen molar-refractivity contribution in [3.63, 3.8) is 0 Å². The van der Waals surface area contributed by atoms with Crippen LogP contribution in [0.2, 0.25) is 0 Å². The Morgan fingerprint density at radius 2 is 1.95 bits per heavy atom. The number of carbonyl (C=O) groups excluding carboxylic acids is 1. The highest BCUT2D eigenvalue weighted by Crippen LogP contribution is 2.11. The van der Waals surface area contributed by atoms with Crippen molar-refractivity contribution in [2.45, 2.75) is 19.1 Å². The summed E-state index contributed by atoms with van der Waals surface area (Å²) in [5.74, 6) is -1.29. The van der Waals surface area contributed by atoms with Crippen LogP contribution in [0.5, 0.6) is 0 Å². The average Bonchev–Trinajstić information content (AvgIpc) is 2.40. The van der Waals surface area contributed by atoms with Crippen molar-refractivity contribution < 1.29 is 19.8 Å². The smallest absolute Gasteiger partial charge is 0.332 e. The lowest BCUT2D eigenvalue weighted by Crippen LogP contribution is -2.38. The number of rotatable bonds is 6. The number of aliphatic hydroxyl groups excluding tert-OH is 1. The molecule has 0 aromatic heterocycles. The number of aliphatic hydroxyl groups is 1. The number of benzene rings is 1. The molecule has 110 valence electrons. The number of carbonyl (C=O) groups is 2. The molecule has 1 rings (SSSR count). The van der Waals surface area contributed by atoms with Crippen molar-refractivity contribution in [2.24, 2.45) is 0 Å². The average molecular weight is 345 g/mol. The number of carboxylic acid groups (broad SMARTS) is 1. The normalized spacial score (nSPS) is 11.8. The maximum Gasteiger partial charge on any atom is 0.332 e. The summed E-state index contributed by atoms with van der Waals surface area (Å²) in [6.45, 7) is 0.553. The van der Waals surface area contributed by atoms with Crippen LogP contribution in [0.25, 0.3) is 0 Å². The monoisotopic (exact) mass is 344 g/mol. The molecule has 1 unspecified atom stereocenters. The fourth-order valence-electron chi connectivity index (χ4n) is 1.51. The Morgan fingerprint density at radius 3 is 2.50 bits per heavy atom. The van der Waals surface area contributed by atoms with Crippen LogP contribution in [0, 0.1) is 0 Å². The molecule has 0 bridgehead atoms. The Kier molecular flexibility index (Phi) is 6.47. The largest absolute Gasteiger partial charge is 0.479 e. The second-order valence-corrected chi connectivity index (χ2v) is 5.27. The number of hydrogen-bond acceptors (Lipinski definition) is 3. The SMILES string of the molecule is CN(Cc1ccc(Br)cc1)C(=O)NCCC(O)C(=O)O. The van der Waals surface area contributed by atoms with Gasteiger partial charge in [0.2, 0.25) is 0 Å². The van der Waals surface area contributed by atoms with Crippen molar-refractivity contribution in [3.8, 4) is 0 Å². The van der Waals surface area contributed by atoms with E-state index in [0.29, 0.717) is 6.54 Å². The van der Waals surface area contributed by atoms with E-state index in [0.717, 1.165) is 10.0 Å². The van der Waals surface area contributed by atoms with Crippen molar-refractivity contribution in [1.29, 1.82) is 0 Å². The molecule has 0 saturated carbocycles. The summed E-state index contributed by atoms with van der Waals surface area (Å²) in [5.41, 5.74) is 0.983. The highest BCUT2D eigenvalue weighted by Gasteiger charge is 2.14. The van der Waals surface area contributed by atoms with Crippen LogP contribution in [0.4, 0.5) is 4.79 Å². The lowest BCUT2D eigenvalue weighted by Gasteiger charge is -2.18. The standard InChI is InChI=1S/C13H17BrN2O4/c1-16(8-9-2-4-10(14)5-3-9)13(20)15-7-6-11(17)12(18)19/h2-5,11,17H,6-8H2,1H3,(H,15,20)(H,18,19). The van der Waals surface area contributed by atoms with Crippen LogP contribution in [0.15, 0.2) is 28.7 Å². The van der Waals surface area contributed by atoms with Crippen LogP contribution < -0.4 is 5.32 Å². The van der Waals surface area contributed by atoms with Gasteiger partial charge in [-0.25, -0.2) is 9.59 Å². The second kappa shape index (κ2) is 7.86. The van der Waals surface area contributed by atoms with E-state index >= 15 is 0 Å². The summed E-state index contributed by atoms with van der Waals surface area (Å²) in [7, 11) is 1.64. The molecular formula is C13H17BrN2O4. The van der Waals surface area contributed by atoms with Gasteiger partial charge < -0.3 is 20.4 Å². The number of nitrogens with zero attached hydrogens (tertiary/aromatic N) is 1. The van der Waals surface area contributed by atoms with Gasteiger partial charge in [-0.1, -0.05) is 28.1 Å². The van der Waals surface area contributed by atoms with Crippen LogP contribution >= 0.6 is 15.9 Å². The van der Waals surface area contributed by atoms with Gasteiger partial charge in [0.1, 0.15) is 0 Å². The number of aliphatic carboxylic acids is 1. The molecule has 0 spiro atoms. The van der Waals surface area contributed by atoms with Gasteiger partial charge in [0.05, 0.1) is 0 Å². The Bertz CT molecular complexity index is 464. The molecule has 0 aliphatic carbocycles. The van der Waals surface area contributed by atoms with E-state index in [2.05, 4.69) is 21.2 Å². The fourth-order valence-corrected chi connectivity index (χ4v) is 1.77. The molecule has 3 N–H and O–H groups in total. The zero-order chi connectivity index (χ0) is 15.1. The Balaban J connectivity index is 2.35. The molecule has 0 aliphatic heterocycles. The molecule has 20 heavy (non-hydrogen) atoms. The van der Waals surface area contributed by atoms with E-state index in [1.807, 2.05) is 24.3 Å². The van der Waals surface area contributed by atoms with Crippen LogP contribution in [-0.2, 0) is 11.3 Å². The van der Waals surface area contributed by atoms with Gasteiger partial charge in [0.25, 0.3) is 0 Å². The maximum atomic E-state index is 11.7. The van der Waals surface area contributed by atoms with Gasteiger partial charge in [0, 0.05) is 31.0 Å². The summed E-state index contributed by atoms with van der Waals surface area (Å²) in [4.78, 5) is 23.6. The van der Waals surface area contributed by atoms with Crippen LogP contribution in [0.3, 0.4) is 0 Å². The quantitative estimate of drug-likeness (QED) is 0.728. The number of carboxylic acids is 1. The van der Waals surface area contributed by atoms with E-state index in [-0.39, 0.29) is 19.0 Å². The Hall–Kier alpha value is -1.60. The molecule has 0 heterocycles. The number of nitrogens with one attached hydrogen (secondary N) is 1. The minimum Gasteiger partial charge on any atom is -0.479 e. The summed E-state index contributed by atoms with van der Waals surface area (Å²) in [5, 5.41) is 20.1. The predicted molar refractivity (Wildman–Crippen MR) is 77.3 cm³/mol. The molecule has 2 amide bonds. The number of halogens is 1. The molecule has 0 fully saturated rings. The third-order valence-corrected chi connectivity index (χ3v) is 3.19. The van der Waals surface area contributed by atoms with Crippen molar-refractivity contribution in [2.75, 3.05) is 13.6 Å². The first-order chi connectivity index (χ1) is 9.40. The molecule has 1 aromatic carbocycles. The molecule has 1 atom stereocenters. The zero-order valence-corrected chi connectivity index (χ0v) is 12.6. The second-order valence-electron chi connectivity index (χ2n) is 4.36. The summed E-state index contributed by atoms with van der Waals surface area (Å²) < 4.78 is 0.969. The molecule has 0 radical (unpaired) electrons. The number of amides is 2. The predicted octanol–water partition coefficient (Wildman–Crippen LogP) is 1.43. The topological polar surface area (TPSA) is 89.9 Å². The molecule has 1 aromatic rings. The van der Waals surface area contributed by atoms with E-state index < -0.39 is 12.1 Å². The molecule has 6 nitrogen and oxygen atoms in total. The van der Waals surface area contributed by atoms with Crippen molar-refractivity contribution >= 4 is 27.9 Å². The Labute approximate surface area is 125 Å². The van der Waals surface area contributed by atoms with E-state index in [1.54, 1.807) is 7.05 Å². The number of hydrogen-bond donors (Lipinski definition) is 3. The first-order valence-electron chi connectivity index (χ1n) is 6.04. The van der Waals surface area contributed by atoms with Crippen molar-refractivity contribution in [3.05, 3.63) is 34.3 Å². The summed E-state index contributed by atoms with van der Waals surface area (Å²) in [6.07, 6.45) is -1.47. The molecule has 0 aliphatic rings. The third-order valence-electron chi connectivity index (χ3n) is 2.66. The highest BCUT2D eigenvalue weighted by atomic mass is 79.9. The lowest BCUT2D eigenvalue weighted by atomic mass is 10.2. The van der Waals surface area contributed by atoms with E-state index in [4.69, 9.17) is 10.2 Å². The van der Waals surface area contributed by atoms with E-state index in [1.165, 1.54) is 4.90 Å². The first kappa shape index (κ1) is 16.5. The fraction of sp³-hybridized carbons (Fsp3) is 0.385. The Morgan fingerprint density at radius 1 is 1.35 bits per heavy atom. The highest BCUT2D eigenvalue weighted by molar-refractivity contribution is 9.10. The molecule has 0 saturated heterocycles. The zero-order valence-electron chi connectivity index (χ0n) is 11.0. The van der Waals surface area contributed by atoms with Gasteiger partial charge in [0.15, 0.2) is 6.10 Å². The molecule has 7 heteroatoms. The van der Waals surface area contributed by atoms with Gasteiger partial charge in [-0.15, -0.1) is 0 Å². The molecular weight excluding hydrogens is 328 g/mol. The number of urea groups is 1. The minimum absolute atomic E-state index is 0.0206. The summed E-state index contributed by atoms with van der Waals surface area (Å²) in [6, 6.07) is 7.28. The lowest BCUT2D eigenvalue weighted by molar-refractivity contribution is -0.146. The van der Waals surface area contributed by atoms with Gasteiger partial charge in [-0.05, 0) is 17.7 Å². The van der Waals surface area contributed by atoms with E-state index in [9.17, 15) is 9.59 Å². The van der Waals surface area contributed by atoms with Crippen molar-refractivity contribution in [1.82, 2.24) is 10.2 Å². The third kappa shape index (κ3) is 5.58. The van der Waals surface area contributed by atoms with Gasteiger partial charge in [-0.3, -0.25) is 0 Å². The van der Waals surface area contributed by atoms with Crippen LogP contribution in [0.1, 0.15) is 12.0 Å². The maximum absolute atomic E-state index is 11.7. The first-order valence-corrected chi connectivity index (χ1v) is 6.83. The summed E-state index contributed by atoms with van der Waals surface area (Å²) >= 11 is 3.34.